The third-order valence-corrected chi connectivity index (χ3v) is 12.6. The number of aromatic nitrogens is 2. The molecule has 7 rings (SSSR count). The van der Waals surface area contributed by atoms with Crippen LogP contribution in [0, 0.1) is 5.41 Å². The van der Waals surface area contributed by atoms with Gasteiger partial charge in [-0.3, -0.25) is 24.5 Å². The summed E-state index contributed by atoms with van der Waals surface area (Å²) in [5.41, 5.74) is 4.61. The third-order valence-electron chi connectivity index (χ3n) is 11.8. The first-order valence-electron chi connectivity index (χ1n) is 18.4. The van der Waals surface area contributed by atoms with Crippen LogP contribution in [0.2, 0.25) is 0 Å². The number of halogens is 1. The second-order valence-electron chi connectivity index (χ2n) is 15.1. The molecule has 0 radical (unpaired) electrons. The number of methoxy groups -OCH3 is 1. The van der Waals surface area contributed by atoms with Gasteiger partial charge in [-0.05, 0) is 108 Å². The molecule has 4 saturated heterocycles. The first-order valence-corrected chi connectivity index (χ1v) is 19.1. The highest BCUT2D eigenvalue weighted by molar-refractivity contribution is 9.10. The van der Waals surface area contributed by atoms with Crippen molar-refractivity contribution in [3.8, 4) is 5.75 Å². The lowest BCUT2D eigenvalue weighted by molar-refractivity contribution is -0.134. The summed E-state index contributed by atoms with van der Waals surface area (Å²) in [4.78, 5) is 56.8. The number of benzene rings is 2. The van der Waals surface area contributed by atoms with E-state index in [2.05, 4.69) is 66.7 Å². The lowest BCUT2D eigenvalue weighted by Crippen LogP contribution is -2.48. The SMILES string of the molecule is COc1cc(C2CCC(=O)NC2=O)ccc1N1CCC2(CCN(C(=O)c3ccc([C@H]4C[C@@H](Nc5cnn(C)c(=O)c5Br)CN(C)C4)cc3)CC2)CC1. The van der Waals surface area contributed by atoms with Gasteiger partial charge in [0.15, 0.2) is 0 Å². The number of imide groups is 1. The van der Waals surface area contributed by atoms with Crippen molar-refractivity contribution in [2.45, 2.75) is 62.8 Å². The van der Waals surface area contributed by atoms with E-state index in [0.29, 0.717) is 28.9 Å². The number of nitrogens with one attached hydrogen (secondary N) is 2. The minimum atomic E-state index is -0.341. The minimum absolute atomic E-state index is 0.1000. The van der Waals surface area contributed by atoms with E-state index in [-0.39, 0.29) is 40.7 Å². The number of anilines is 2. The summed E-state index contributed by atoms with van der Waals surface area (Å²) in [7, 11) is 5.41. The number of piperidine rings is 4. The average molecular weight is 775 g/mol. The number of nitrogens with zero attached hydrogens (tertiary/aromatic N) is 5. The number of rotatable bonds is 7. The highest BCUT2D eigenvalue weighted by Gasteiger charge is 2.39. The quantitative estimate of drug-likeness (QED) is 0.334. The van der Waals surface area contributed by atoms with Crippen LogP contribution in [-0.2, 0) is 16.6 Å². The second-order valence-corrected chi connectivity index (χ2v) is 15.9. The van der Waals surface area contributed by atoms with E-state index in [1.807, 2.05) is 29.2 Å². The molecule has 1 spiro atoms. The van der Waals surface area contributed by atoms with Gasteiger partial charge in [0, 0.05) is 64.3 Å². The number of hydrogen-bond donors (Lipinski definition) is 2. The van der Waals surface area contributed by atoms with Gasteiger partial charge in [0.25, 0.3) is 11.5 Å². The highest BCUT2D eigenvalue weighted by Crippen LogP contribution is 2.44. The summed E-state index contributed by atoms with van der Waals surface area (Å²) in [5, 5.41) is 10.1. The number of carbonyl (C=O) groups excluding carboxylic acids is 3. The van der Waals surface area contributed by atoms with Crippen molar-refractivity contribution in [2.24, 2.45) is 12.5 Å². The number of amides is 3. The summed E-state index contributed by atoms with van der Waals surface area (Å²) >= 11 is 3.43. The molecule has 13 heteroatoms. The van der Waals surface area contributed by atoms with Crippen LogP contribution in [-0.4, -0.2) is 96.8 Å². The van der Waals surface area contributed by atoms with Crippen LogP contribution < -0.4 is 25.8 Å². The molecular weight excluding hydrogens is 726 g/mol. The molecule has 3 aromatic rings. The Bertz CT molecular complexity index is 1880. The number of ether oxygens (including phenoxy) is 1. The molecule has 4 aliphatic rings. The van der Waals surface area contributed by atoms with Crippen LogP contribution in [0.15, 0.2) is 57.9 Å². The summed E-state index contributed by atoms with van der Waals surface area (Å²) in [5.74, 6) is 0.352. The Labute approximate surface area is 313 Å². The van der Waals surface area contributed by atoms with Gasteiger partial charge >= 0.3 is 0 Å². The summed E-state index contributed by atoms with van der Waals surface area (Å²) in [6.07, 6.45) is 7.57. The summed E-state index contributed by atoms with van der Waals surface area (Å²) in [6, 6.07) is 14.3. The third kappa shape index (κ3) is 7.48. The van der Waals surface area contributed by atoms with Crippen molar-refractivity contribution >= 4 is 45.0 Å². The summed E-state index contributed by atoms with van der Waals surface area (Å²) < 4.78 is 7.59. The Morgan fingerprint density at radius 2 is 1.65 bits per heavy atom. The predicted octanol–water partition coefficient (Wildman–Crippen LogP) is 4.49. The second kappa shape index (κ2) is 15.0. The standard InChI is InChI=1S/C39H48BrN7O5/c1-44-23-28(20-29(24-44)42-31-22-41-45(2)38(51)35(31)40)25-4-6-26(7-5-25)37(50)47-18-14-39(15-19-47)12-16-46(17-13-39)32-10-8-27(21-33(32)52-3)30-9-11-34(48)43-36(30)49/h4-8,10,21-22,28-30,42H,9,11-20,23-24H2,1-3H3,(H,43,48,49)/t28-,29+,30?/m0/s1. The number of likely N-dealkylation sites (tertiary alicyclic amines) is 2. The molecule has 2 N–H and O–H groups in total. The molecule has 12 nitrogen and oxygen atoms in total. The van der Waals surface area contributed by atoms with Crippen molar-refractivity contribution in [3.63, 3.8) is 0 Å². The molecule has 5 heterocycles. The zero-order chi connectivity index (χ0) is 36.6. The predicted molar refractivity (Wildman–Crippen MR) is 203 cm³/mol. The van der Waals surface area contributed by atoms with E-state index in [0.717, 1.165) is 93.9 Å². The van der Waals surface area contributed by atoms with Gasteiger partial charge in [0.05, 0.1) is 30.6 Å². The van der Waals surface area contributed by atoms with E-state index < -0.39 is 0 Å². The Balaban J connectivity index is 0.921. The number of hydrogen-bond acceptors (Lipinski definition) is 9. The van der Waals surface area contributed by atoms with Crippen molar-refractivity contribution in [1.82, 2.24) is 24.9 Å². The fourth-order valence-electron chi connectivity index (χ4n) is 8.67. The smallest absolute Gasteiger partial charge is 0.282 e. The molecular formula is C39H48BrN7O5. The van der Waals surface area contributed by atoms with Crippen LogP contribution in [0.25, 0.3) is 0 Å². The monoisotopic (exact) mass is 773 g/mol. The molecule has 2 aromatic carbocycles. The lowest BCUT2D eigenvalue weighted by Gasteiger charge is -2.47. The molecule has 0 bridgehead atoms. The molecule has 52 heavy (non-hydrogen) atoms. The Morgan fingerprint density at radius 3 is 2.35 bits per heavy atom. The molecule has 3 atom stereocenters. The minimum Gasteiger partial charge on any atom is -0.495 e. The molecule has 4 fully saturated rings. The van der Waals surface area contributed by atoms with E-state index in [4.69, 9.17) is 4.74 Å². The van der Waals surface area contributed by atoms with E-state index in [1.165, 1.54) is 10.2 Å². The van der Waals surface area contributed by atoms with Crippen LogP contribution in [0.1, 0.15) is 78.3 Å². The molecule has 276 valence electrons. The van der Waals surface area contributed by atoms with Crippen LogP contribution in [0.3, 0.4) is 0 Å². The number of aryl methyl sites for hydroxylation is 1. The largest absolute Gasteiger partial charge is 0.495 e. The first kappa shape index (κ1) is 36.1. The molecule has 4 aliphatic heterocycles. The highest BCUT2D eigenvalue weighted by atomic mass is 79.9. The van der Waals surface area contributed by atoms with Crippen LogP contribution >= 0.6 is 15.9 Å². The Morgan fingerprint density at radius 1 is 0.962 bits per heavy atom. The number of carbonyl (C=O) groups is 3. The Hall–Kier alpha value is -4.23. The Kier molecular flexibility index (Phi) is 10.4. The zero-order valence-electron chi connectivity index (χ0n) is 30.2. The van der Waals surface area contributed by atoms with Crippen molar-refractivity contribution < 1.29 is 19.1 Å². The molecule has 1 aromatic heterocycles. The van der Waals surface area contributed by atoms with Gasteiger partial charge in [0.2, 0.25) is 11.8 Å². The van der Waals surface area contributed by atoms with Crippen LogP contribution in [0.5, 0.6) is 5.75 Å². The van der Waals surface area contributed by atoms with Gasteiger partial charge in [-0.2, -0.15) is 5.10 Å². The fourth-order valence-corrected chi connectivity index (χ4v) is 9.14. The molecule has 3 amide bonds. The van der Waals surface area contributed by atoms with Crippen molar-refractivity contribution in [2.75, 3.05) is 63.6 Å². The molecule has 1 unspecified atom stereocenters. The maximum atomic E-state index is 13.6. The molecule has 0 saturated carbocycles. The van der Waals surface area contributed by atoms with Gasteiger partial charge in [-0.1, -0.05) is 18.2 Å². The van der Waals surface area contributed by atoms with Crippen molar-refractivity contribution in [3.05, 3.63) is 80.2 Å². The maximum absolute atomic E-state index is 13.6. The average Bonchev–Trinajstić information content (AvgIpc) is 3.15. The molecule has 0 aliphatic carbocycles. The normalized spacial score (nSPS) is 23.7. The fraction of sp³-hybridized carbons (Fsp3) is 0.513. The first-order chi connectivity index (χ1) is 25.0. The topological polar surface area (TPSA) is 129 Å². The van der Waals surface area contributed by atoms with Gasteiger partial charge < -0.3 is 24.8 Å². The van der Waals surface area contributed by atoms with Crippen LogP contribution in [0.4, 0.5) is 11.4 Å². The van der Waals surface area contributed by atoms with Gasteiger partial charge in [-0.15, -0.1) is 0 Å². The van der Waals surface area contributed by atoms with E-state index in [1.54, 1.807) is 20.4 Å². The van der Waals surface area contributed by atoms with E-state index in [9.17, 15) is 19.2 Å². The lowest BCUT2D eigenvalue weighted by atomic mass is 9.71. The van der Waals surface area contributed by atoms with Crippen molar-refractivity contribution in [1.29, 1.82) is 0 Å². The van der Waals surface area contributed by atoms with E-state index >= 15 is 0 Å². The maximum Gasteiger partial charge on any atom is 0.282 e. The number of likely N-dealkylation sites (N-methyl/N-ethyl adjacent to an activating group) is 1. The summed E-state index contributed by atoms with van der Waals surface area (Å²) in [6.45, 7) is 5.13. The van der Waals surface area contributed by atoms with Gasteiger partial charge in [0.1, 0.15) is 10.2 Å². The zero-order valence-corrected chi connectivity index (χ0v) is 31.8. The van der Waals surface area contributed by atoms with Gasteiger partial charge in [-0.25, -0.2) is 4.68 Å².